The molecule has 1 atom stereocenters. The molecule has 0 N–H and O–H groups in total. The SMILES string of the molecule is CCCC1(C)CCCN(c2ccc(SC)nn2)C1. The van der Waals surface area contributed by atoms with Crippen LogP contribution in [0.3, 0.4) is 0 Å². The Morgan fingerprint density at radius 3 is 2.83 bits per heavy atom. The van der Waals surface area contributed by atoms with Gasteiger partial charge in [-0.25, -0.2) is 0 Å². The summed E-state index contributed by atoms with van der Waals surface area (Å²) in [6, 6.07) is 4.18. The van der Waals surface area contributed by atoms with E-state index < -0.39 is 0 Å². The van der Waals surface area contributed by atoms with Crippen LogP contribution < -0.4 is 4.90 Å². The van der Waals surface area contributed by atoms with Crippen molar-refractivity contribution >= 4 is 17.6 Å². The lowest BCUT2D eigenvalue weighted by Crippen LogP contribution is -2.42. The van der Waals surface area contributed by atoms with Crippen molar-refractivity contribution in [1.82, 2.24) is 10.2 Å². The van der Waals surface area contributed by atoms with Crippen LogP contribution in [0.1, 0.15) is 39.5 Å². The second kappa shape index (κ2) is 5.91. The summed E-state index contributed by atoms with van der Waals surface area (Å²) in [4.78, 5) is 2.40. The van der Waals surface area contributed by atoms with Crippen molar-refractivity contribution in [2.75, 3.05) is 24.2 Å². The fourth-order valence-corrected chi connectivity index (χ4v) is 3.24. The number of anilines is 1. The standard InChI is InChI=1S/C14H23N3S/c1-4-8-14(2)9-5-10-17(11-14)12-6-7-13(18-3)16-15-12/h6-7H,4-5,8-11H2,1-3H3. The molecule has 18 heavy (non-hydrogen) atoms. The highest BCUT2D eigenvalue weighted by Gasteiger charge is 2.30. The zero-order chi connectivity index (χ0) is 13.0. The summed E-state index contributed by atoms with van der Waals surface area (Å²) in [6.45, 7) is 6.92. The van der Waals surface area contributed by atoms with E-state index in [1.807, 2.05) is 6.26 Å². The molecule has 4 heteroatoms. The van der Waals surface area contributed by atoms with Crippen LogP contribution in [0, 0.1) is 5.41 Å². The Bertz CT molecular complexity index is 375. The molecule has 100 valence electrons. The number of hydrogen-bond donors (Lipinski definition) is 0. The lowest BCUT2D eigenvalue weighted by Gasteiger charge is -2.41. The predicted molar refractivity (Wildman–Crippen MR) is 78.3 cm³/mol. The molecule has 0 aliphatic carbocycles. The van der Waals surface area contributed by atoms with Gasteiger partial charge < -0.3 is 4.90 Å². The van der Waals surface area contributed by atoms with Gasteiger partial charge in [0.05, 0.1) is 0 Å². The minimum Gasteiger partial charge on any atom is -0.355 e. The minimum atomic E-state index is 0.451. The molecular formula is C14H23N3S. The average molecular weight is 265 g/mol. The molecular weight excluding hydrogens is 242 g/mol. The van der Waals surface area contributed by atoms with Crippen molar-refractivity contribution in [2.45, 2.75) is 44.6 Å². The topological polar surface area (TPSA) is 29.0 Å². The van der Waals surface area contributed by atoms with E-state index in [-0.39, 0.29) is 0 Å². The van der Waals surface area contributed by atoms with Crippen LogP contribution in [0.2, 0.25) is 0 Å². The molecule has 0 spiro atoms. The van der Waals surface area contributed by atoms with E-state index in [2.05, 4.69) is 41.1 Å². The molecule has 0 radical (unpaired) electrons. The molecule has 1 aromatic rings. The summed E-state index contributed by atoms with van der Waals surface area (Å²) in [5.41, 5.74) is 0.451. The molecule has 0 bridgehead atoms. The van der Waals surface area contributed by atoms with E-state index in [9.17, 15) is 0 Å². The van der Waals surface area contributed by atoms with Crippen LogP contribution in [-0.2, 0) is 0 Å². The summed E-state index contributed by atoms with van der Waals surface area (Å²) >= 11 is 1.64. The van der Waals surface area contributed by atoms with Gasteiger partial charge in [-0.1, -0.05) is 20.3 Å². The monoisotopic (exact) mass is 265 g/mol. The van der Waals surface area contributed by atoms with Crippen molar-refractivity contribution in [1.29, 1.82) is 0 Å². The van der Waals surface area contributed by atoms with Gasteiger partial charge in [0.15, 0.2) is 5.82 Å². The molecule has 2 rings (SSSR count). The average Bonchev–Trinajstić information content (AvgIpc) is 2.39. The first kappa shape index (κ1) is 13.7. The summed E-state index contributed by atoms with van der Waals surface area (Å²) in [7, 11) is 0. The molecule has 0 aromatic carbocycles. The van der Waals surface area contributed by atoms with Gasteiger partial charge in [0.1, 0.15) is 5.03 Å². The number of hydrogen-bond acceptors (Lipinski definition) is 4. The maximum atomic E-state index is 4.35. The lowest BCUT2D eigenvalue weighted by atomic mass is 9.78. The van der Waals surface area contributed by atoms with E-state index in [1.54, 1.807) is 11.8 Å². The van der Waals surface area contributed by atoms with Crippen molar-refractivity contribution < 1.29 is 0 Å². The lowest BCUT2D eigenvalue weighted by molar-refractivity contribution is 0.238. The van der Waals surface area contributed by atoms with Gasteiger partial charge in [0.2, 0.25) is 0 Å². The number of thioether (sulfide) groups is 1. The third kappa shape index (κ3) is 3.16. The first-order valence-corrected chi connectivity index (χ1v) is 8.02. The zero-order valence-electron chi connectivity index (χ0n) is 11.6. The molecule has 2 heterocycles. The molecule has 1 aliphatic rings. The maximum absolute atomic E-state index is 4.35. The largest absolute Gasteiger partial charge is 0.355 e. The van der Waals surface area contributed by atoms with E-state index >= 15 is 0 Å². The Kier molecular flexibility index (Phi) is 4.49. The Labute approximate surface area is 114 Å². The Morgan fingerprint density at radius 1 is 1.39 bits per heavy atom. The van der Waals surface area contributed by atoms with Crippen LogP contribution in [0.15, 0.2) is 17.2 Å². The smallest absolute Gasteiger partial charge is 0.151 e. The second-order valence-corrected chi connectivity index (χ2v) is 6.35. The van der Waals surface area contributed by atoms with Gasteiger partial charge >= 0.3 is 0 Å². The fraction of sp³-hybridized carbons (Fsp3) is 0.714. The predicted octanol–water partition coefficient (Wildman–Crippen LogP) is 3.61. The van der Waals surface area contributed by atoms with E-state index in [4.69, 9.17) is 0 Å². The van der Waals surface area contributed by atoms with Gasteiger partial charge in [-0.3, -0.25) is 0 Å². The van der Waals surface area contributed by atoms with Crippen molar-refractivity contribution in [3.63, 3.8) is 0 Å². The third-order valence-electron chi connectivity index (χ3n) is 3.79. The maximum Gasteiger partial charge on any atom is 0.151 e. The molecule has 1 aromatic heterocycles. The van der Waals surface area contributed by atoms with Crippen LogP contribution in [-0.4, -0.2) is 29.5 Å². The summed E-state index contributed by atoms with van der Waals surface area (Å²) < 4.78 is 0. The second-order valence-electron chi connectivity index (χ2n) is 5.52. The van der Waals surface area contributed by atoms with E-state index in [0.29, 0.717) is 5.41 Å². The van der Waals surface area contributed by atoms with Crippen molar-refractivity contribution in [3.05, 3.63) is 12.1 Å². The fourth-order valence-electron chi connectivity index (χ4n) is 2.91. The number of nitrogens with zero attached hydrogens (tertiary/aromatic N) is 3. The highest BCUT2D eigenvalue weighted by atomic mass is 32.2. The molecule has 1 fully saturated rings. The highest BCUT2D eigenvalue weighted by Crippen LogP contribution is 2.35. The van der Waals surface area contributed by atoms with Crippen LogP contribution in [0.5, 0.6) is 0 Å². The highest BCUT2D eigenvalue weighted by molar-refractivity contribution is 7.98. The Morgan fingerprint density at radius 2 is 2.22 bits per heavy atom. The van der Waals surface area contributed by atoms with Gasteiger partial charge in [0.25, 0.3) is 0 Å². The number of rotatable bonds is 4. The number of aromatic nitrogens is 2. The van der Waals surface area contributed by atoms with Crippen LogP contribution in [0.25, 0.3) is 0 Å². The zero-order valence-corrected chi connectivity index (χ0v) is 12.5. The quantitative estimate of drug-likeness (QED) is 0.778. The molecule has 0 saturated carbocycles. The third-order valence-corrected chi connectivity index (χ3v) is 4.43. The first-order chi connectivity index (χ1) is 8.67. The number of piperidine rings is 1. The van der Waals surface area contributed by atoms with E-state index in [1.165, 1.54) is 25.7 Å². The van der Waals surface area contributed by atoms with Crippen molar-refractivity contribution in [3.8, 4) is 0 Å². The Hall–Kier alpha value is -0.770. The van der Waals surface area contributed by atoms with Gasteiger partial charge in [-0.05, 0) is 43.1 Å². The summed E-state index contributed by atoms with van der Waals surface area (Å²) in [6.07, 6.45) is 7.21. The normalized spacial score (nSPS) is 24.3. The van der Waals surface area contributed by atoms with Crippen LogP contribution in [0.4, 0.5) is 5.82 Å². The molecule has 3 nitrogen and oxygen atoms in total. The Balaban J connectivity index is 2.07. The van der Waals surface area contributed by atoms with Gasteiger partial charge in [0, 0.05) is 13.1 Å². The summed E-state index contributed by atoms with van der Waals surface area (Å²) in [5.74, 6) is 1.04. The molecule has 1 unspecified atom stereocenters. The van der Waals surface area contributed by atoms with Gasteiger partial charge in [-0.2, -0.15) is 0 Å². The molecule has 1 aliphatic heterocycles. The first-order valence-electron chi connectivity index (χ1n) is 6.79. The minimum absolute atomic E-state index is 0.451. The molecule has 1 saturated heterocycles. The van der Waals surface area contributed by atoms with Gasteiger partial charge in [-0.15, -0.1) is 22.0 Å². The molecule has 0 amide bonds. The van der Waals surface area contributed by atoms with Crippen molar-refractivity contribution in [2.24, 2.45) is 5.41 Å². The summed E-state index contributed by atoms with van der Waals surface area (Å²) in [5, 5.41) is 9.58. The van der Waals surface area contributed by atoms with Crippen LogP contribution >= 0.6 is 11.8 Å². The van der Waals surface area contributed by atoms with E-state index in [0.717, 1.165) is 23.9 Å².